The predicted octanol–water partition coefficient (Wildman–Crippen LogP) is -0.356. The van der Waals surface area contributed by atoms with E-state index in [0.29, 0.717) is 0 Å². The summed E-state index contributed by atoms with van der Waals surface area (Å²) < 4.78 is 0. The molecule has 3 nitrogen and oxygen atoms in total. The quantitative estimate of drug-likeness (QED) is 0.423. The molecule has 1 radical (unpaired) electrons. The summed E-state index contributed by atoms with van der Waals surface area (Å²) in [5.74, 6) is -1.19. The SMILES string of the molecule is C=NCC([O])=O. The molecule has 33 valence electrons. The average Bonchev–Trinajstić information content (AvgIpc) is 1.35. The molecule has 0 aromatic carbocycles. The molecule has 0 bridgehead atoms. The highest BCUT2D eigenvalue weighted by atomic mass is 16.4. The van der Waals surface area contributed by atoms with Crippen LogP contribution in [-0.4, -0.2) is 19.2 Å². The Labute approximate surface area is 35.3 Å². The fourth-order valence-electron chi connectivity index (χ4n) is 0.0913. The van der Waals surface area contributed by atoms with E-state index in [1.54, 1.807) is 0 Å². The maximum absolute atomic E-state index is 9.35. The number of rotatable bonds is 2. The molecule has 0 saturated carbocycles. The van der Waals surface area contributed by atoms with Crippen molar-refractivity contribution in [3.05, 3.63) is 0 Å². The van der Waals surface area contributed by atoms with Crippen LogP contribution in [0, 0.1) is 0 Å². The van der Waals surface area contributed by atoms with Crippen LogP contribution < -0.4 is 0 Å². The molecule has 0 saturated heterocycles. The Bertz CT molecular complexity index is 69.2. The van der Waals surface area contributed by atoms with Gasteiger partial charge in [-0.05, 0) is 6.72 Å². The zero-order valence-electron chi connectivity index (χ0n) is 3.18. The lowest BCUT2D eigenvalue weighted by molar-refractivity contribution is -0.141. The predicted molar refractivity (Wildman–Crippen MR) is 20.1 cm³/mol. The normalized spacial score (nSPS) is 7.33. The first-order valence-corrected chi connectivity index (χ1v) is 1.39. The molecule has 0 unspecified atom stereocenters. The van der Waals surface area contributed by atoms with Crippen LogP contribution in [0.25, 0.3) is 0 Å². The number of hydrogen-bond donors (Lipinski definition) is 0. The summed E-state index contributed by atoms with van der Waals surface area (Å²) in [6.07, 6.45) is 0. The minimum Gasteiger partial charge on any atom is -0.289 e. The first-order chi connectivity index (χ1) is 2.77. The first-order valence-electron chi connectivity index (χ1n) is 1.39. The average molecular weight is 86.1 g/mol. The summed E-state index contributed by atoms with van der Waals surface area (Å²) >= 11 is 0. The van der Waals surface area contributed by atoms with Crippen molar-refractivity contribution in [2.75, 3.05) is 6.54 Å². The minimum absolute atomic E-state index is 0.306. The fraction of sp³-hybridized carbons (Fsp3) is 0.333. The van der Waals surface area contributed by atoms with E-state index in [1.807, 2.05) is 0 Å². The second kappa shape index (κ2) is 2.38. The molecule has 0 spiro atoms. The van der Waals surface area contributed by atoms with Crippen LogP contribution in [0.15, 0.2) is 4.99 Å². The molecule has 0 N–H and O–H groups in total. The van der Waals surface area contributed by atoms with Gasteiger partial charge in [0.05, 0.1) is 0 Å². The Kier molecular flexibility index (Phi) is 2.04. The van der Waals surface area contributed by atoms with E-state index >= 15 is 0 Å². The lowest BCUT2D eigenvalue weighted by Gasteiger charge is -1.70. The molecular weight excluding hydrogens is 82.0 g/mol. The van der Waals surface area contributed by atoms with Crippen molar-refractivity contribution in [2.45, 2.75) is 0 Å². The Morgan fingerprint density at radius 2 is 2.33 bits per heavy atom. The Balaban J connectivity index is 3.05. The van der Waals surface area contributed by atoms with E-state index in [-0.39, 0.29) is 6.54 Å². The van der Waals surface area contributed by atoms with Crippen LogP contribution in [-0.2, 0) is 9.90 Å². The molecule has 0 amide bonds. The first kappa shape index (κ1) is 5.14. The zero-order chi connectivity index (χ0) is 4.99. The van der Waals surface area contributed by atoms with Crippen LogP contribution in [0.3, 0.4) is 0 Å². The lowest BCUT2D eigenvalue weighted by Crippen LogP contribution is -1.94. The molecule has 0 heterocycles. The number of carbonyl (C=O) groups excluding carboxylic acids is 1. The summed E-state index contributed by atoms with van der Waals surface area (Å²) in [7, 11) is 0. The van der Waals surface area contributed by atoms with Gasteiger partial charge >= 0.3 is 5.97 Å². The summed E-state index contributed by atoms with van der Waals surface area (Å²) in [5, 5.41) is 9.35. The summed E-state index contributed by atoms with van der Waals surface area (Å²) in [6.45, 7) is 2.62. The van der Waals surface area contributed by atoms with Crippen molar-refractivity contribution >= 4 is 12.7 Å². The van der Waals surface area contributed by atoms with E-state index < -0.39 is 5.97 Å². The standard InChI is InChI=1S/C3H4NO2/c1-4-2-3(5)6/h1-2H2. The van der Waals surface area contributed by atoms with Crippen LogP contribution in [0.2, 0.25) is 0 Å². The molecule has 0 rings (SSSR count). The molecular formula is C3H4NO2. The summed E-state index contributed by atoms with van der Waals surface area (Å²) in [5.41, 5.74) is 0. The van der Waals surface area contributed by atoms with Gasteiger partial charge in [-0.25, -0.2) is 9.90 Å². The molecule has 0 atom stereocenters. The van der Waals surface area contributed by atoms with Gasteiger partial charge in [-0.15, -0.1) is 0 Å². The summed E-state index contributed by atoms with van der Waals surface area (Å²) in [6, 6.07) is 0. The van der Waals surface area contributed by atoms with Crippen molar-refractivity contribution in [2.24, 2.45) is 4.99 Å². The Hall–Kier alpha value is -0.860. The second-order valence-corrected chi connectivity index (χ2v) is 0.754. The minimum atomic E-state index is -1.19. The van der Waals surface area contributed by atoms with Gasteiger partial charge < -0.3 is 0 Å². The van der Waals surface area contributed by atoms with E-state index in [4.69, 9.17) is 0 Å². The Morgan fingerprint density at radius 3 is 2.33 bits per heavy atom. The van der Waals surface area contributed by atoms with Gasteiger partial charge in [0, 0.05) is 0 Å². The molecule has 0 aromatic rings. The van der Waals surface area contributed by atoms with Crippen molar-refractivity contribution in [1.29, 1.82) is 0 Å². The van der Waals surface area contributed by atoms with Crippen molar-refractivity contribution in [1.82, 2.24) is 0 Å². The Morgan fingerprint density at radius 1 is 1.83 bits per heavy atom. The third-order valence-corrected chi connectivity index (χ3v) is 0.241. The highest BCUT2D eigenvalue weighted by Gasteiger charge is 1.89. The van der Waals surface area contributed by atoms with E-state index in [9.17, 15) is 9.90 Å². The maximum Gasteiger partial charge on any atom is 0.376 e. The molecule has 3 heteroatoms. The van der Waals surface area contributed by atoms with Crippen molar-refractivity contribution in [3.63, 3.8) is 0 Å². The third-order valence-electron chi connectivity index (χ3n) is 0.241. The number of hydrogen-bond acceptors (Lipinski definition) is 2. The molecule has 0 aliphatic rings. The van der Waals surface area contributed by atoms with Crippen molar-refractivity contribution < 1.29 is 9.90 Å². The highest BCUT2D eigenvalue weighted by molar-refractivity contribution is 5.69. The van der Waals surface area contributed by atoms with Crippen molar-refractivity contribution in [3.8, 4) is 0 Å². The molecule has 0 aliphatic carbocycles. The number of aliphatic imine (C=N–C) groups is 1. The van der Waals surface area contributed by atoms with Gasteiger partial charge in [-0.1, -0.05) is 0 Å². The van der Waals surface area contributed by atoms with E-state index in [2.05, 4.69) is 11.7 Å². The smallest absolute Gasteiger partial charge is 0.289 e. The topological polar surface area (TPSA) is 49.3 Å². The third kappa shape index (κ3) is 3.14. The van der Waals surface area contributed by atoms with Crippen LogP contribution in [0.1, 0.15) is 0 Å². The van der Waals surface area contributed by atoms with E-state index in [0.717, 1.165) is 0 Å². The zero-order valence-corrected chi connectivity index (χ0v) is 3.18. The highest BCUT2D eigenvalue weighted by Crippen LogP contribution is 1.62. The van der Waals surface area contributed by atoms with Gasteiger partial charge in [0.2, 0.25) is 0 Å². The van der Waals surface area contributed by atoms with Crippen LogP contribution in [0.5, 0.6) is 0 Å². The maximum atomic E-state index is 9.35. The second-order valence-electron chi connectivity index (χ2n) is 0.754. The van der Waals surface area contributed by atoms with Gasteiger partial charge in [0.1, 0.15) is 6.54 Å². The molecule has 6 heavy (non-hydrogen) atoms. The largest absolute Gasteiger partial charge is 0.376 e. The fourth-order valence-corrected chi connectivity index (χ4v) is 0.0913. The lowest BCUT2D eigenvalue weighted by atomic mass is 10.7. The molecule has 0 aromatic heterocycles. The van der Waals surface area contributed by atoms with E-state index in [1.165, 1.54) is 0 Å². The monoisotopic (exact) mass is 86.0 g/mol. The number of nitrogens with zero attached hydrogens (tertiary/aromatic N) is 1. The molecule has 0 fully saturated rings. The number of carbonyl (C=O) groups is 1. The summed E-state index contributed by atoms with van der Waals surface area (Å²) in [4.78, 5) is 12.4. The van der Waals surface area contributed by atoms with Crippen LogP contribution in [0.4, 0.5) is 0 Å². The molecule has 0 aliphatic heterocycles. The van der Waals surface area contributed by atoms with Crippen LogP contribution >= 0.6 is 0 Å². The van der Waals surface area contributed by atoms with Gasteiger partial charge in [-0.3, -0.25) is 4.99 Å². The van der Waals surface area contributed by atoms with Gasteiger partial charge in [0.25, 0.3) is 0 Å². The van der Waals surface area contributed by atoms with Gasteiger partial charge in [0.15, 0.2) is 0 Å². The van der Waals surface area contributed by atoms with Gasteiger partial charge in [-0.2, -0.15) is 0 Å².